The summed E-state index contributed by atoms with van der Waals surface area (Å²) in [6, 6.07) is 1.61. The number of hydrazine groups is 1. The fraction of sp³-hybridized carbons (Fsp3) is 0.154. The van der Waals surface area contributed by atoms with E-state index < -0.39 is 0 Å². The number of amides is 1. The van der Waals surface area contributed by atoms with Crippen molar-refractivity contribution in [2.75, 3.05) is 19.4 Å². The minimum absolute atomic E-state index is 0.264. The maximum absolute atomic E-state index is 11.9. The Morgan fingerprint density at radius 2 is 2.19 bits per heavy atom. The Kier molecular flexibility index (Phi) is 10.2. The van der Waals surface area contributed by atoms with E-state index in [9.17, 15) is 9.59 Å². The number of nitrogens with two attached hydrogens (primary N) is 1. The molecule has 0 aliphatic heterocycles. The van der Waals surface area contributed by atoms with Crippen LogP contribution in [0.1, 0.15) is 9.67 Å². The Morgan fingerprint density at radius 3 is 2.62 bits per heavy atom. The van der Waals surface area contributed by atoms with E-state index in [1.54, 1.807) is 30.6 Å². The van der Waals surface area contributed by atoms with Gasteiger partial charge in [-0.2, -0.15) is 0 Å². The van der Waals surface area contributed by atoms with Gasteiger partial charge in [0.25, 0.3) is 5.91 Å². The van der Waals surface area contributed by atoms with Crippen molar-refractivity contribution in [2.24, 2.45) is 10.8 Å². The highest BCUT2D eigenvalue weighted by molar-refractivity contribution is 9.11. The first-order valence-corrected chi connectivity index (χ1v) is 7.38. The molecule has 1 aromatic heterocycles. The van der Waals surface area contributed by atoms with Gasteiger partial charge in [-0.15, -0.1) is 11.3 Å². The number of aldehydes is 1. The Hall–Kier alpha value is -1.61. The lowest BCUT2D eigenvalue weighted by atomic mass is 10.3. The second-order valence-corrected chi connectivity index (χ2v) is 5.30. The molecule has 0 saturated heterocycles. The number of carbonyl (C=O) groups is 2. The molecule has 0 spiro atoms. The molecule has 1 rings (SSSR count). The zero-order chi connectivity index (χ0) is 16.3. The third-order valence-electron chi connectivity index (χ3n) is 1.94. The fourth-order valence-corrected chi connectivity index (χ4v) is 1.95. The smallest absolute Gasteiger partial charge is 0.273 e. The van der Waals surface area contributed by atoms with Crippen LogP contribution < -0.4 is 16.6 Å². The van der Waals surface area contributed by atoms with Crippen LogP contribution >= 0.6 is 27.3 Å². The summed E-state index contributed by atoms with van der Waals surface area (Å²) in [5, 5.41) is 4.35. The average Bonchev–Trinajstić information content (AvgIpc) is 2.92. The quantitative estimate of drug-likeness (QED) is 0.242. The second-order valence-electron chi connectivity index (χ2n) is 3.44. The van der Waals surface area contributed by atoms with E-state index in [4.69, 9.17) is 0 Å². The number of carbonyl (C=O) groups excluding carboxylic acids is 2. The van der Waals surface area contributed by atoms with E-state index in [0.29, 0.717) is 15.0 Å². The topological polar surface area (TPSA) is 96.6 Å². The highest BCUT2D eigenvalue weighted by Crippen LogP contribution is 2.17. The largest absolute Gasteiger partial charge is 0.320 e. The van der Waals surface area contributed by atoms with Gasteiger partial charge in [0.05, 0.1) is 10.6 Å². The van der Waals surface area contributed by atoms with Gasteiger partial charge in [-0.1, -0.05) is 28.6 Å². The van der Waals surface area contributed by atoms with Crippen molar-refractivity contribution in [3.05, 3.63) is 39.5 Å². The number of aliphatic imine (C=N–C) groups is 1. The molecule has 6 nitrogen and oxygen atoms in total. The summed E-state index contributed by atoms with van der Waals surface area (Å²) >= 11 is 4.49. The lowest BCUT2D eigenvalue weighted by molar-refractivity contribution is -0.110. The standard InChI is InChI=1S/C12H11BrN2O2S.CH6N2/c1-3-8(13)4-11(14-2)12(17)15-9-5-10(6-16)18-7-9;1-3-2/h3-7H,1H2,2H3,(H,15,17);3H,2H2,1H3/b8-4+,14-11?;. The number of nitrogens with one attached hydrogen (secondary N) is 2. The van der Waals surface area contributed by atoms with E-state index in [2.05, 4.69) is 44.1 Å². The molecule has 21 heavy (non-hydrogen) atoms. The van der Waals surface area contributed by atoms with Gasteiger partial charge >= 0.3 is 0 Å². The van der Waals surface area contributed by atoms with Crippen LogP contribution in [0.3, 0.4) is 0 Å². The molecule has 0 radical (unpaired) electrons. The highest BCUT2D eigenvalue weighted by Gasteiger charge is 2.10. The number of hydrogen-bond donors (Lipinski definition) is 3. The molecule has 0 bridgehead atoms. The third-order valence-corrected chi connectivity index (χ3v) is 3.35. The first-order valence-electron chi connectivity index (χ1n) is 5.71. The first-order chi connectivity index (χ1) is 10.0. The molecule has 0 aliphatic rings. The molecular formula is C13H17BrN4O2S. The van der Waals surface area contributed by atoms with Crippen molar-refractivity contribution in [2.45, 2.75) is 0 Å². The zero-order valence-corrected chi connectivity index (χ0v) is 14.1. The number of nitrogens with zero attached hydrogens (tertiary/aromatic N) is 1. The highest BCUT2D eigenvalue weighted by atomic mass is 79.9. The maximum Gasteiger partial charge on any atom is 0.273 e. The number of rotatable bonds is 5. The molecule has 8 heteroatoms. The van der Waals surface area contributed by atoms with Gasteiger partial charge in [-0.3, -0.25) is 25.8 Å². The van der Waals surface area contributed by atoms with Crippen LogP contribution in [0.25, 0.3) is 0 Å². The van der Waals surface area contributed by atoms with Crippen molar-refractivity contribution in [1.29, 1.82) is 0 Å². The van der Waals surface area contributed by atoms with Gasteiger partial charge < -0.3 is 5.32 Å². The van der Waals surface area contributed by atoms with E-state index in [1.807, 2.05) is 0 Å². The Morgan fingerprint density at radius 1 is 1.57 bits per heavy atom. The molecule has 0 saturated carbocycles. The van der Waals surface area contributed by atoms with E-state index >= 15 is 0 Å². The van der Waals surface area contributed by atoms with Crippen LogP contribution in [0.15, 0.2) is 39.7 Å². The average molecular weight is 373 g/mol. The molecule has 0 aromatic carbocycles. The number of thiophene rings is 1. The molecule has 1 amide bonds. The monoisotopic (exact) mass is 372 g/mol. The minimum Gasteiger partial charge on any atom is -0.320 e. The first kappa shape index (κ1) is 19.4. The number of allylic oxidation sites excluding steroid dienone is 2. The van der Waals surface area contributed by atoms with E-state index in [1.165, 1.54) is 18.4 Å². The van der Waals surface area contributed by atoms with Gasteiger partial charge in [0.2, 0.25) is 0 Å². The van der Waals surface area contributed by atoms with Crippen LogP contribution in [0.4, 0.5) is 5.69 Å². The van der Waals surface area contributed by atoms with Crippen molar-refractivity contribution in [3.63, 3.8) is 0 Å². The van der Waals surface area contributed by atoms with Gasteiger partial charge in [-0.05, 0) is 19.2 Å². The molecule has 1 heterocycles. The lowest BCUT2D eigenvalue weighted by Gasteiger charge is -2.02. The zero-order valence-electron chi connectivity index (χ0n) is 11.7. The Bertz CT molecular complexity index is 552. The molecule has 0 fully saturated rings. The van der Waals surface area contributed by atoms with Crippen LogP contribution in [-0.2, 0) is 4.79 Å². The second kappa shape index (κ2) is 11.1. The maximum atomic E-state index is 11.9. The van der Waals surface area contributed by atoms with Crippen LogP contribution in [0.5, 0.6) is 0 Å². The lowest BCUT2D eigenvalue weighted by Crippen LogP contribution is -2.21. The Balaban J connectivity index is 0.00000122. The normalized spacial score (nSPS) is 11.2. The van der Waals surface area contributed by atoms with Gasteiger partial charge in [0.1, 0.15) is 5.71 Å². The Labute approximate surface area is 135 Å². The predicted molar refractivity (Wildman–Crippen MR) is 92.1 cm³/mol. The number of halogens is 1. The summed E-state index contributed by atoms with van der Waals surface area (Å²) in [6.07, 6.45) is 3.87. The molecular weight excluding hydrogens is 356 g/mol. The summed E-state index contributed by atoms with van der Waals surface area (Å²) in [4.78, 5) is 26.8. The minimum atomic E-state index is -0.341. The fourth-order valence-electron chi connectivity index (χ4n) is 1.10. The molecule has 1 aromatic rings. The number of hydrogen-bond acceptors (Lipinski definition) is 6. The predicted octanol–water partition coefficient (Wildman–Crippen LogP) is 2.11. The van der Waals surface area contributed by atoms with Crippen molar-refractivity contribution in [3.8, 4) is 0 Å². The molecule has 114 valence electrons. The third kappa shape index (κ3) is 7.66. The van der Waals surface area contributed by atoms with E-state index in [0.717, 1.165) is 6.29 Å². The van der Waals surface area contributed by atoms with Gasteiger partial charge in [-0.25, -0.2) is 0 Å². The number of anilines is 1. The molecule has 4 N–H and O–H groups in total. The summed E-state index contributed by atoms with van der Waals surface area (Å²) < 4.78 is 0.664. The van der Waals surface area contributed by atoms with Crippen LogP contribution in [0, 0.1) is 0 Å². The van der Waals surface area contributed by atoms with Crippen LogP contribution in [0.2, 0.25) is 0 Å². The summed E-state index contributed by atoms with van der Waals surface area (Å²) in [5.41, 5.74) is 3.09. The van der Waals surface area contributed by atoms with Gasteiger partial charge in [0, 0.05) is 16.9 Å². The summed E-state index contributed by atoms with van der Waals surface area (Å²) in [6.45, 7) is 3.57. The van der Waals surface area contributed by atoms with Crippen molar-refractivity contribution in [1.82, 2.24) is 5.43 Å². The molecule has 0 unspecified atom stereocenters. The van der Waals surface area contributed by atoms with Crippen LogP contribution in [-0.4, -0.2) is 32.0 Å². The SMILES string of the molecule is C=C/C(Br)=C\C(=NC)C(=O)Nc1csc(C=O)c1.CNN. The van der Waals surface area contributed by atoms with Crippen molar-refractivity contribution < 1.29 is 9.59 Å². The molecule has 0 aliphatic carbocycles. The molecule has 0 atom stereocenters. The van der Waals surface area contributed by atoms with E-state index in [-0.39, 0.29) is 11.6 Å². The van der Waals surface area contributed by atoms with Crippen molar-refractivity contribution >= 4 is 50.9 Å². The summed E-state index contributed by atoms with van der Waals surface area (Å²) in [7, 11) is 3.18. The summed E-state index contributed by atoms with van der Waals surface area (Å²) in [5.74, 6) is 4.26. The van der Waals surface area contributed by atoms with Gasteiger partial charge in [0.15, 0.2) is 6.29 Å².